The molecule has 4 nitrogen and oxygen atoms in total. The number of rotatable bonds is 4. The predicted octanol–water partition coefficient (Wildman–Crippen LogP) is 5.84. The highest BCUT2D eigenvalue weighted by Gasteiger charge is 2.41. The number of ether oxygens (including phenoxy) is 2. The standard InChI is InChI=1S/C17H12Cl4O4/c1-17(2,15(22)24-11-7-3-5-9(18)13(11)20)16(23)25-12-8-4-6-10(19)14(12)21/h3-8H,1-2H3. The van der Waals surface area contributed by atoms with E-state index in [9.17, 15) is 9.59 Å². The fourth-order valence-electron chi connectivity index (χ4n) is 1.66. The van der Waals surface area contributed by atoms with Gasteiger partial charge in [0.1, 0.15) is 10.0 Å². The number of benzene rings is 2. The molecule has 0 heterocycles. The van der Waals surface area contributed by atoms with Gasteiger partial charge in [-0.05, 0) is 38.1 Å². The zero-order valence-corrected chi connectivity index (χ0v) is 16.1. The Morgan fingerprint density at radius 1 is 0.760 bits per heavy atom. The van der Waals surface area contributed by atoms with Crippen LogP contribution in [0.4, 0.5) is 0 Å². The molecular weight excluding hydrogens is 410 g/mol. The smallest absolute Gasteiger partial charge is 0.328 e. The normalized spacial score (nSPS) is 11.1. The highest BCUT2D eigenvalue weighted by molar-refractivity contribution is 6.43. The van der Waals surface area contributed by atoms with Crippen LogP contribution in [-0.4, -0.2) is 11.9 Å². The molecule has 0 spiro atoms. The van der Waals surface area contributed by atoms with Crippen molar-refractivity contribution in [3.05, 3.63) is 56.5 Å². The average Bonchev–Trinajstić information content (AvgIpc) is 2.55. The Labute approximate surface area is 164 Å². The number of hydrogen-bond acceptors (Lipinski definition) is 4. The fourth-order valence-corrected chi connectivity index (χ4v) is 2.32. The second-order valence-electron chi connectivity index (χ2n) is 5.51. The Bertz CT molecular complexity index is 766. The molecule has 0 N–H and O–H groups in total. The van der Waals surface area contributed by atoms with Crippen molar-refractivity contribution in [2.24, 2.45) is 5.41 Å². The van der Waals surface area contributed by atoms with Crippen molar-refractivity contribution in [1.29, 1.82) is 0 Å². The van der Waals surface area contributed by atoms with Crippen molar-refractivity contribution in [2.45, 2.75) is 13.8 Å². The summed E-state index contributed by atoms with van der Waals surface area (Å²) in [5.74, 6) is -1.64. The number of carbonyl (C=O) groups excluding carboxylic acids is 2. The van der Waals surface area contributed by atoms with E-state index in [-0.39, 0.29) is 31.6 Å². The van der Waals surface area contributed by atoms with E-state index in [0.717, 1.165) is 0 Å². The third-order valence-electron chi connectivity index (χ3n) is 3.26. The van der Waals surface area contributed by atoms with E-state index in [1.807, 2.05) is 0 Å². The zero-order chi connectivity index (χ0) is 18.8. The lowest BCUT2D eigenvalue weighted by Gasteiger charge is -2.21. The highest BCUT2D eigenvalue weighted by atomic mass is 35.5. The minimum absolute atomic E-state index is 0.0424. The summed E-state index contributed by atoms with van der Waals surface area (Å²) in [4.78, 5) is 24.8. The lowest BCUT2D eigenvalue weighted by atomic mass is 9.94. The molecule has 0 saturated carbocycles. The van der Waals surface area contributed by atoms with Crippen LogP contribution in [0, 0.1) is 5.41 Å². The molecule has 8 heteroatoms. The quantitative estimate of drug-likeness (QED) is 0.353. The van der Waals surface area contributed by atoms with Crippen molar-refractivity contribution in [3.63, 3.8) is 0 Å². The summed E-state index contributed by atoms with van der Waals surface area (Å²) < 4.78 is 10.4. The molecule has 0 radical (unpaired) electrons. The minimum atomic E-state index is -1.63. The van der Waals surface area contributed by atoms with Crippen LogP contribution in [0.5, 0.6) is 11.5 Å². The molecule has 0 aromatic heterocycles. The Morgan fingerprint density at radius 3 is 1.48 bits per heavy atom. The summed E-state index contributed by atoms with van der Waals surface area (Å²) in [5.41, 5.74) is -1.63. The van der Waals surface area contributed by atoms with Crippen molar-refractivity contribution in [3.8, 4) is 11.5 Å². The van der Waals surface area contributed by atoms with Gasteiger partial charge in [-0.1, -0.05) is 58.5 Å². The largest absolute Gasteiger partial charge is 0.424 e. The van der Waals surface area contributed by atoms with E-state index >= 15 is 0 Å². The Hall–Kier alpha value is -1.46. The number of carbonyl (C=O) groups is 2. The molecule has 2 aromatic carbocycles. The minimum Gasteiger partial charge on any atom is -0.424 e. The van der Waals surface area contributed by atoms with E-state index in [1.54, 1.807) is 24.3 Å². The lowest BCUT2D eigenvalue weighted by molar-refractivity contribution is -0.158. The molecule has 0 fully saturated rings. The first kappa shape index (κ1) is 19.9. The van der Waals surface area contributed by atoms with Gasteiger partial charge >= 0.3 is 11.9 Å². The summed E-state index contributed by atoms with van der Waals surface area (Å²) in [6.45, 7) is 2.71. The SMILES string of the molecule is CC(C)(C(=O)Oc1cccc(Cl)c1Cl)C(=O)Oc1cccc(Cl)c1Cl. The molecule has 132 valence electrons. The molecule has 0 atom stereocenters. The van der Waals surface area contributed by atoms with Crippen LogP contribution < -0.4 is 9.47 Å². The van der Waals surface area contributed by atoms with Gasteiger partial charge in [-0.3, -0.25) is 9.59 Å². The van der Waals surface area contributed by atoms with Crippen molar-refractivity contribution in [1.82, 2.24) is 0 Å². The van der Waals surface area contributed by atoms with Crippen LogP contribution >= 0.6 is 46.4 Å². The van der Waals surface area contributed by atoms with Gasteiger partial charge in [-0.2, -0.15) is 0 Å². The van der Waals surface area contributed by atoms with Gasteiger partial charge in [-0.15, -0.1) is 0 Å². The summed E-state index contributed by atoms with van der Waals surface area (Å²) in [6.07, 6.45) is 0. The maximum Gasteiger partial charge on any atom is 0.328 e. The van der Waals surface area contributed by atoms with Crippen LogP contribution in [0.15, 0.2) is 36.4 Å². The molecule has 2 rings (SSSR count). The maximum atomic E-state index is 12.4. The summed E-state index contributed by atoms with van der Waals surface area (Å²) >= 11 is 23.7. The highest BCUT2D eigenvalue weighted by Crippen LogP contribution is 2.35. The van der Waals surface area contributed by atoms with Crippen LogP contribution in [0.25, 0.3) is 0 Å². The molecule has 0 saturated heterocycles. The molecule has 0 aliphatic rings. The van der Waals surface area contributed by atoms with Gasteiger partial charge in [0, 0.05) is 0 Å². The summed E-state index contributed by atoms with van der Waals surface area (Å²) in [7, 11) is 0. The van der Waals surface area contributed by atoms with Crippen LogP contribution in [0.3, 0.4) is 0 Å². The molecular formula is C17H12Cl4O4. The van der Waals surface area contributed by atoms with Gasteiger partial charge in [-0.25, -0.2) is 0 Å². The van der Waals surface area contributed by atoms with E-state index < -0.39 is 17.4 Å². The van der Waals surface area contributed by atoms with Crippen molar-refractivity contribution < 1.29 is 19.1 Å². The van der Waals surface area contributed by atoms with Gasteiger partial charge in [0.05, 0.1) is 10.0 Å². The Balaban J connectivity index is 2.19. The summed E-state index contributed by atoms with van der Waals surface area (Å²) in [6, 6.07) is 9.13. The fraction of sp³-hybridized carbons (Fsp3) is 0.176. The zero-order valence-electron chi connectivity index (χ0n) is 13.1. The monoisotopic (exact) mass is 420 g/mol. The van der Waals surface area contributed by atoms with Gasteiger partial charge in [0.2, 0.25) is 0 Å². The molecule has 2 aromatic rings. The number of hydrogen-bond donors (Lipinski definition) is 0. The van der Waals surface area contributed by atoms with Crippen LogP contribution in [0.1, 0.15) is 13.8 Å². The van der Waals surface area contributed by atoms with Crippen LogP contribution in [-0.2, 0) is 9.59 Å². The first-order valence-electron chi connectivity index (χ1n) is 6.97. The molecule has 0 bridgehead atoms. The van der Waals surface area contributed by atoms with Gasteiger partial charge in [0.15, 0.2) is 16.9 Å². The van der Waals surface area contributed by atoms with E-state index in [4.69, 9.17) is 55.9 Å². The Kier molecular flexibility index (Phi) is 6.22. The molecule has 0 aliphatic heterocycles. The second kappa shape index (κ2) is 7.83. The third kappa shape index (κ3) is 4.39. The average molecular weight is 422 g/mol. The predicted molar refractivity (Wildman–Crippen MR) is 98.0 cm³/mol. The van der Waals surface area contributed by atoms with Gasteiger partial charge < -0.3 is 9.47 Å². The number of halogens is 4. The van der Waals surface area contributed by atoms with Crippen LogP contribution in [0.2, 0.25) is 20.1 Å². The van der Waals surface area contributed by atoms with Crippen molar-refractivity contribution >= 4 is 58.3 Å². The van der Waals surface area contributed by atoms with E-state index in [2.05, 4.69) is 0 Å². The Morgan fingerprint density at radius 2 is 1.12 bits per heavy atom. The topological polar surface area (TPSA) is 52.6 Å². The second-order valence-corrected chi connectivity index (χ2v) is 7.08. The first-order chi connectivity index (χ1) is 11.6. The molecule has 0 unspecified atom stereocenters. The van der Waals surface area contributed by atoms with E-state index in [1.165, 1.54) is 26.0 Å². The maximum absolute atomic E-state index is 12.4. The third-order valence-corrected chi connectivity index (χ3v) is 4.86. The molecule has 0 amide bonds. The molecule has 25 heavy (non-hydrogen) atoms. The van der Waals surface area contributed by atoms with Crippen molar-refractivity contribution in [2.75, 3.05) is 0 Å². The first-order valence-corrected chi connectivity index (χ1v) is 8.48. The lowest BCUT2D eigenvalue weighted by Crippen LogP contribution is -2.39. The van der Waals surface area contributed by atoms with Gasteiger partial charge in [0.25, 0.3) is 0 Å². The van der Waals surface area contributed by atoms with E-state index in [0.29, 0.717) is 0 Å². The number of esters is 2. The summed E-state index contributed by atoms with van der Waals surface area (Å²) in [5, 5.41) is 0.579. The molecule has 0 aliphatic carbocycles.